The summed E-state index contributed by atoms with van der Waals surface area (Å²) in [7, 11) is 0. The number of aryl methyl sites for hydroxylation is 1. The lowest BCUT2D eigenvalue weighted by atomic mass is 10.1. The van der Waals surface area contributed by atoms with Crippen LogP contribution < -0.4 is 5.73 Å². The number of benzene rings is 1. The highest BCUT2D eigenvalue weighted by Crippen LogP contribution is 2.18. The van der Waals surface area contributed by atoms with Gasteiger partial charge in [-0.25, -0.2) is 9.18 Å². The molecule has 0 radical (unpaired) electrons. The smallest absolute Gasteiger partial charge is 0.340 e. The Labute approximate surface area is 80.8 Å². The molecule has 1 rings (SSSR count). The van der Waals surface area contributed by atoms with Crippen molar-refractivity contribution in [2.45, 2.75) is 6.92 Å². The number of hydrogen-bond acceptors (Lipinski definition) is 2. The molecule has 0 aliphatic heterocycles. The summed E-state index contributed by atoms with van der Waals surface area (Å²) in [6.07, 6.45) is 0. The Hall–Kier alpha value is -1.29. The van der Waals surface area contributed by atoms with Crippen molar-refractivity contribution in [3.8, 4) is 0 Å². The first-order chi connectivity index (χ1) is 5.54. The number of anilines is 1. The largest absolute Gasteiger partial charge is 0.478 e. The van der Waals surface area contributed by atoms with Crippen molar-refractivity contribution in [3.05, 3.63) is 29.1 Å². The van der Waals surface area contributed by atoms with Crippen molar-refractivity contribution in [2.24, 2.45) is 0 Å². The number of hydrogen-bond donors (Lipinski definition) is 2. The molecule has 0 heterocycles. The van der Waals surface area contributed by atoms with Crippen LogP contribution in [0, 0.1) is 12.7 Å². The third-order valence-corrected chi connectivity index (χ3v) is 1.58. The minimum absolute atomic E-state index is 0. The standard InChI is InChI=1S/C8H8FNO2.ClH/c1-4-2-3-5(10)6(7(4)9)8(11)12;/h2-3H,10H2,1H3,(H,11,12);1H. The molecule has 0 unspecified atom stereocenters. The molecule has 0 aliphatic carbocycles. The monoisotopic (exact) mass is 205 g/mol. The van der Waals surface area contributed by atoms with Crippen LogP contribution in [-0.2, 0) is 0 Å². The number of nitrogens with two attached hydrogens (primary N) is 1. The number of aromatic carboxylic acids is 1. The highest BCUT2D eigenvalue weighted by molar-refractivity contribution is 5.94. The first-order valence-corrected chi connectivity index (χ1v) is 3.32. The summed E-state index contributed by atoms with van der Waals surface area (Å²) in [5, 5.41) is 8.55. The molecular formula is C8H9ClFNO2. The summed E-state index contributed by atoms with van der Waals surface area (Å²) in [6, 6.07) is 2.82. The quantitative estimate of drug-likeness (QED) is 0.688. The van der Waals surface area contributed by atoms with Crippen molar-refractivity contribution < 1.29 is 14.3 Å². The van der Waals surface area contributed by atoms with E-state index in [2.05, 4.69) is 0 Å². The summed E-state index contributed by atoms with van der Waals surface area (Å²) in [6.45, 7) is 1.49. The van der Waals surface area contributed by atoms with Gasteiger partial charge in [0.05, 0.1) is 0 Å². The van der Waals surface area contributed by atoms with Crippen LogP contribution in [0.4, 0.5) is 10.1 Å². The maximum atomic E-state index is 13.1. The zero-order valence-corrected chi connectivity index (χ0v) is 7.69. The van der Waals surface area contributed by atoms with E-state index in [-0.39, 0.29) is 23.7 Å². The average molecular weight is 206 g/mol. The van der Waals surface area contributed by atoms with Crippen LogP contribution in [0.5, 0.6) is 0 Å². The van der Waals surface area contributed by atoms with Gasteiger partial charge < -0.3 is 10.8 Å². The van der Waals surface area contributed by atoms with Crippen molar-refractivity contribution >= 4 is 24.1 Å². The Morgan fingerprint density at radius 3 is 2.46 bits per heavy atom. The molecule has 72 valence electrons. The molecule has 0 atom stereocenters. The van der Waals surface area contributed by atoms with E-state index in [0.717, 1.165) is 0 Å². The Bertz CT molecular complexity index is 341. The molecule has 3 N–H and O–H groups in total. The van der Waals surface area contributed by atoms with Crippen molar-refractivity contribution in [3.63, 3.8) is 0 Å². The van der Waals surface area contributed by atoms with E-state index in [1.165, 1.54) is 19.1 Å². The zero-order chi connectivity index (χ0) is 9.30. The van der Waals surface area contributed by atoms with E-state index in [9.17, 15) is 9.18 Å². The van der Waals surface area contributed by atoms with Crippen molar-refractivity contribution in [1.82, 2.24) is 0 Å². The van der Waals surface area contributed by atoms with Crippen LogP contribution in [0.2, 0.25) is 0 Å². The highest BCUT2D eigenvalue weighted by Gasteiger charge is 2.15. The number of carboxylic acids is 1. The number of halogens is 2. The molecule has 0 amide bonds. The van der Waals surface area contributed by atoms with Gasteiger partial charge in [-0.1, -0.05) is 6.07 Å². The molecule has 0 aromatic heterocycles. The van der Waals surface area contributed by atoms with Gasteiger partial charge in [0, 0.05) is 5.69 Å². The summed E-state index contributed by atoms with van der Waals surface area (Å²) in [5.74, 6) is -2.10. The van der Waals surface area contributed by atoms with Gasteiger partial charge in [0.2, 0.25) is 0 Å². The normalized spacial score (nSPS) is 9.08. The number of carboxylic acid groups (broad SMARTS) is 1. The predicted molar refractivity (Wildman–Crippen MR) is 49.8 cm³/mol. The number of carbonyl (C=O) groups is 1. The molecule has 13 heavy (non-hydrogen) atoms. The molecular weight excluding hydrogens is 197 g/mol. The second kappa shape index (κ2) is 4.09. The van der Waals surface area contributed by atoms with Gasteiger partial charge >= 0.3 is 5.97 Å². The van der Waals surface area contributed by atoms with Gasteiger partial charge in [0.25, 0.3) is 0 Å². The average Bonchev–Trinajstić information content (AvgIpc) is 1.97. The van der Waals surface area contributed by atoms with E-state index in [4.69, 9.17) is 10.8 Å². The van der Waals surface area contributed by atoms with Crippen LogP contribution in [-0.4, -0.2) is 11.1 Å². The molecule has 0 saturated carbocycles. The fourth-order valence-corrected chi connectivity index (χ4v) is 0.913. The van der Waals surface area contributed by atoms with Gasteiger partial charge in [-0.05, 0) is 18.6 Å². The molecule has 0 spiro atoms. The summed E-state index contributed by atoms with van der Waals surface area (Å²) >= 11 is 0. The molecule has 5 heteroatoms. The molecule has 1 aromatic rings. The molecule has 0 bridgehead atoms. The van der Waals surface area contributed by atoms with Crippen molar-refractivity contribution in [2.75, 3.05) is 5.73 Å². The Morgan fingerprint density at radius 2 is 2.08 bits per heavy atom. The van der Waals surface area contributed by atoms with Crippen LogP contribution in [0.3, 0.4) is 0 Å². The fourth-order valence-electron chi connectivity index (χ4n) is 0.913. The third kappa shape index (κ3) is 2.09. The van der Waals surface area contributed by atoms with E-state index < -0.39 is 17.3 Å². The topological polar surface area (TPSA) is 63.3 Å². The lowest BCUT2D eigenvalue weighted by Gasteiger charge is -2.03. The summed E-state index contributed by atoms with van der Waals surface area (Å²) in [5.41, 5.74) is 5.05. The van der Waals surface area contributed by atoms with Crippen molar-refractivity contribution in [1.29, 1.82) is 0 Å². The van der Waals surface area contributed by atoms with Crippen LogP contribution in [0.1, 0.15) is 15.9 Å². The summed E-state index contributed by atoms with van der Waals surface area (Å²) in [4.78, 5) is 10.5. The Balaban J connectivity index is 0.00000144. The second-order valence-electron chi connectivity index (χ2n) is 2.47. The number of rotatable bonds is 1. The van der Waals surface area contributed by atoms with Gasteiger partial charge in [0.15, 0.2) is 0 Å². The van der Waals surface area contributed by atoms with E-state index in [0.29, 0.717) is 0 Å². The Morgan fingerprint density at radius 1 is 1.54 bits per heavy atom. The van der Waals surface area contributed by atoms with E-state index >= 15 is 0 Å². The summed E-state index contributed by atoms with van der Waals surface area (Å²) < 4.78 is 13.1. The predicted octanol–water partition coefficient (Wildman–Crippen LogP) is 1.84. The highest BCUT2D eigenvalue weighted by atomic mass is 35.5. The van der Waals surface area contributed by atoms with E-state index in [1.807, 2.05) is 0 Å². The van der Waals surface area contributed by atoms with Gasteiger partial charge in [-0.3, -0.25) is 0 Å². The molecule has 0 saturated heterocycles. The molecule has 1 aromatic carbocycles. The lowest BCUT2D eigenvalue weighted by molar-refractivity contribution is 0.0693. The Kier molecular flexibility index (Phi) is 3.69. The molecule has 0 aliphatic rings. The number of nitrogen functional groups attached to an aromatic ring is 1. The second-order valence-corrected chi connectivity index (χ2v) is 2.47. The minimum atomic E-state index is -1.34. The SMILES string of the molecule is Cc1ccc(N)c(C(=O)O)c1F.Cl. The molecule has 3 nitrogen and oxygen atoms in total. The van der Waals surface area contributed by atoms with E-state index in [1.54, 1.807) is 0 Å². The third-order valence-electron chi connectivity index (χ3n) is 1.58. The van der Waals surface area contributed by atoms with Gasteiger partial charge in [0.1, 0.15) is 11.4 Å². The van der Waals surface area contributed by atoms with Gasteiger partial charge in [-0.2, -0.15) is 0 Å². The fraction of sp³-hybridized carbons (Fsp3) is 0.125. The maximum Gasteiger partial charge on any atom is 0.340 e. The lowest BCUT2D eigenvalue weighted by Crippen LogP contribution is -2.06. The first-order valence-electron chi connectivity index (χ1n) is 3.32. The zero-order valence-electron chi connectivity index (χ0n) is 6.87. The first kappa shape index (κ1) is 11.7. The van der Waals surface area contributed by atoms with Crippen LogP contribution >= 0.6 is 12.4 Å². The molecule has 0 fully saturated rings. The maximum absolute atomic E-state index is 13.1. The van der Waals surface area contributed by atoms with Gasteiger partial charge in [-0.15, -0.1) is 12.4 Å². The van der Waals surface area contributed by atoms with Crippen LogP contribution in [0.25, 0.3) is 0 Å². The minimum Gasteiger partial charge on any atom is -0.478 e. The van der Waals surface area contributed by atoms with Crippen LogP contribution in [0.15, 0.2) is 12.1 Å².